The maximum absolute atomic E-state index is 5.51. The maximum atomic E-state index is 5.51. The molecule has 0 saturated heterocycles. The lowest BCUT2D eigenvalue weighted by Gasteiger charge is -2.10. The summed E-state index contributed by atoms with van der Waals surface area (Å²) in [5, 5.41) is 6.49. The molecule has 4 nitrogen and oxygen atoms in total. The van der Waals surface area contributed by atoms with Crippen molar-refractivity contribution < 1.29 is 4.74 Å². The lowest BCUT2D eigenvalue weighted by Crippen LogP contribution is -2.08. The summed E-state index contributed by atoms with van der Waals surface area (Å²) in [7, 11) is 0. The molecule has 2 aromatic rings. The normalized spacial score (nSPS) is 10.3. The fourth-order valence-electron chi connectivity index (χ4n) is 1.63. The SMILES string of the molecule is CCOc1cccnc1NCCc1csc(C)n1. The van der Waals surface area contributed by atoms with Crippen LogP contribution >= 0.6 is 11.3 Å². The molecule has 0 bridgehead atoms. The molecule has 0 saturated carbocycles. The molecule has 96 valence electrons. The van der Waals surface area contributed by atoms with Crippen LogP contribution in [0.2, 0.25) is 0 Å². The minimum atomic E-state index is 0.644. The number of nitrogens with zero attached hydrogens (tertiary/aromatic N) is 2. The highest BCUT2D eigenvalue weighted by atomic mass is 32.1. The van der Waals surface area contributed by atoms with Crippen molar-refractivity contribution in [2.45, 2.75) is 20.3 Å². The van der Waals surface area contributed by atoms with E-state index in [1.54, 1.807) is 17.5 Å². The topological polar surface area (TPSA) is 47.0 Å². The largest absolute Gasteiger partial charge is 0.490 e. The average molecular weight is 263 g/mol. The number of hydrogen-bond donors (Lipinski definition) is 1. The van der Waals surface area contributed by atoms with Crippen LogP contribution in [-0.2, 0) is 6.42 Å². The lowest BCUT2D eigenvalue weighted by atomic mass is 10.3. The maximum Gasteiger partial charge on any atom is 0.168 e. The molecule has 0 aliphatic heterocycles. The van der Waals surface area contributed by atoms with Crippen LogP contribution in [0.5, 0.6) is 5.75 Å². The van der Waals surface area contributed by atoms with Crippen molar-refractivity contribution in [3.8, 4) is 5.75 Å². The molecule has 0 amide bonds. The van der Waals surface area contributed by atoms with E-state index in [0.29, 0.717) is 6.61 Å². The lowest BCUT2D eigenvalue weighted by molar-refractivity contribution is 0.340. The second-order valence-corrected chi connectivity index (χ2v) is 4.88. The van der Waals surface area contributed by atoms with Crippen molar-refractivity contribution >= 4 is 17.2 Å². The van der Waals surface area contributed by atoms with E-state index in [-0.39, 0.29) is 0 Å². The molecular weight excluding hydrogens is 246 g/mol. The van der Waals surface area contributed by atoms with Crippen molar-refractivity contribution in [3.05, 3.63) is 34.4 Å². The monoisotopic (exact) mass is 263 g/mol. The Kier molecular flexibility index (Phi) is 4.52. The highest BCUT2D eigenvalue weighted by Gasteiger charge is 2.04. The van der Waals surface area contributed by atoms with Crippen molar-refractivity contribution in [1.29, 1.82) is 0 Å². The molecule has 2 aromatic heterocycles. The summed E-state index contributed by atoms with van der Waals surface area (Å²) in [6.45, 7) is 5.44. The summed E-state index contributed by atoms with van der Waals surface area (Å²) in [5.41, 5.74) is 1.12. The zero-order valence-corrected chi connectivity index (χ0v) is 11.5. The van der Waals surface area contributed by atoms with Crippen LogP contribution in [0, 0.1) is 6.92 Å². The van der Waals surface area contributed by atoms with Crippen molar-refractivity contribution in [3.63, 3.8) is 0 Å². The molecule has 0 aliphatic carbocycles. The Bertz CT molecular complexity index is 498. The molecule has 0 spiro atoms. The third-order valence-electron chi connectivity index (χ3n) is 2.41. The van der Waals surface area contributed by atoms with Crippen LogP contribution in [0.25, 0.3) is 0 Å². The van der Waals surface area contributed by atoms with Crippen molar-refractivity contribution in [1.82, 2.24) is 9.97 Å². The molecule has 0 aliphatic rings. The van der Waals surface area contributed by atoms with E-state index in [1.165, 1.54) is 0 Å². The van der Waals surface area contributed by atoms with E-state index >= 15 is 0 Å². The molecule has 0 fully saturated rings. The molecule has 1 N–H and O–H groups in total. The third kappa shape index (κ3) is 3.43. The smallest absolute Gasteiger partial charge is 0.168 e. The highest BCUT2D eigenvalue weighted by molar-refractivity contribution is 7.09. The summed E-state index contributed by atoms with van der Waals surface area (Å²) in [6.07, 6.45) is 2.66. The fourth-order valence-corrected chi connectivity index (χ4v) is 2.27. The fraction of sp³-hybridized carbons (Fsp3) is 0.385. The van der Waals surface area contributed by atoms with E-state index < -0.39 is 0 Å². The zero-order chi connectivity index (χ0) is 12.8. The highest BCUT2D eigenvalue weighted by Crippen LogP contribution is 2.20. The van der Waals surface area contributed by atoms with Crippen molar-refractivity contribution in [2.24, 2.45) is 0 Å². The van der Waals surface area contributed by atoms with Gasteiger partial charge in [0.2, 0.25) is 0 Å². The first-order valence-corrected chi connectivity index (χ1v) is 6.90. The third-order valence-corrected chi connectivity index (χ3v) is 3.23. The van der Waals surface area contributed by atoms with E-state index in [0.717, 1.165) is 35.2 Å². The molecule has 0 aromatic carbocycles. The standard InChI is InChI=1S/C13H17N3OS/c1-3-17-12-5-4-7-14-13(12)15-8-6-11-9-18-10(2)16-11/h4-5,7,9H,3,6,8H2,1-2H3,(H,14,15). The van der Waals surface area contributed by atoms with Crippen LogP contribution < -0.4 is 10.1 Å². The van der Waals surface area contributed by atoms with Gasteiger partial charge in [-0.25, -0.2) is 9.97 Å². The van der Waals surface area contributed by atoms with E-state index in [9.17, 15) is 0 Å². The zero-order valence-electron chi connectivity index (χ0n) is 10.6. The molecule has 0 atom stereocenters. The molecule has 18 heavy (non-hydrogen) atoms. The number of rotatable bonds is 6. The predicted molar refractivity (Wildman–Crippen MR) is 74.5 cm³/mol. The van der Waals surface area contributed by atoms with Gasteiger partial charge in [0, 0.05) is 24.5 Å². The van der Waals surface area contributed by atoms with Gasteiger partial charge in [-0.1, -0.05) is 0 Å². The molecule has 0 radical (unpaired) electrons. The van der Waals surface area contributed by atoms with E-state index in [1.807, 2.05) is 26.0 Å². The number of thiazole rings is 1. The number of nitrogens with one attached hydrogen (secondary N) is 1. The Morgan fingerprint density at radius 2 is 2.33 bits per heavy atom. The number of pyridine rings is 1. The van der Waals surface area contributed by atoms with Gasteiger partial charge < -0.3 is 10.1 Å². The molecular formula is C13H17N3OS. The Morgan fingerprint density at radius 3 is 3.06 bits per heavy atom. The first-order chi connectivity index (χ1) is 8.79. The summed E-state index contributed by atoms with van der Waals surface area (Å²) in [5.74, 6) is 1.60. The van der Waals surface area contributed by atoms with Crippen LogP contribution in [0.4, 0.5) is 5.82 Å². The Balaban J connectivity index is 1.89. The number of anilines is 1. The van der Waals surface area contributed by atoms with Gasteiger partial charge in [-0.3, -0.25) is 0 Å². The Labute approximate surface area is 111 Å². The van der Waals surface area contributed by atoms with Gasteiger partial charge >= 0.3 is 0 Å². The molecule has 5 heteroatoms. The molecule has 0 unspecified atom stereocenters. The van der Waals surface area contributed by atoms with Gasteiger partial charge in [-0.15, -0.1) is 11.3 Å². The van der Waals surface area contributed by atoms with Crippen LogP contribution in [0.15, 0.2) is 23.7 Å². The number of hydrogen-bond acceptors (Lipinski definition) is 5. The average Bonchev–Trinajstić information content (AvgIpc) is 2.78. The number of ether oxygens (including phenoxy) is 1. The quantitative estimate of drug-likeness (QED) is 0.870. The summed E-state index contributed by atoms with van der Waals surface area (Å²) in [6, 6.07) is 3.80. The van der Waals surface area contributed by atoms with Gasteiger partial charge in [-0.05, 0) is 26.0 Å². The first kappa shape index (κ1) is 12.8. The van der Waals surface area contributed by atoms with Crippen molar-refractivity contribution in [2.75, 3.05) is 18.5 Å². The van der Waals surface area contributed by atoms with Crippen LogP contribution in [0.3, 0.4) is 0 Å². The van der Waals surface area contributed by atoms with Gasteiger partial charge in [0.05, 0.1) is 17.3 Å². The predicted octanol–water partition coefficient (Wildman–Crippen LogP) is 2.90. The second-order valence-electron chi connectivity index (χ2n) is 3.82. The van der Waals surface area contributed by atoms with E-state index in [4.69, 9.17) is 4.74 Å². The first-order valence-electron chi connectivity index (χ1n) is 6.02. The molecule has 2 rings (SSSR count). The summed E-state index contributed by atoms with van der Waals surface area (Å²) in [4.78, 5) is 8.71. The minimum Gasteiger partial charge on any atom is -0.490 e. The van der Waals surface area contributed by atoms with Crippen LogP contribution in [0.1, 0.15) is 17.6 Å². The summed E-state index contributed by atoms with van der Waals surface area (Å²) >= 11 is 1.68. The van der Waals surface area contributed by atoms with Gasteiger partial charge in [0.25, 0.3) is 0 Å². The Morgan fingerprint density at radius 1 is 1.44 bits per heavy atom. The van der Waals surface area contributed by atoms with Gasteiger partial charge in [0.1, 0.15) is 0 Å². The summed E-state index contributed by atoms with van der Waals surface area (Å²) < 4.78 is 5.51. The Hall–Kier alpha value is -1.62. The van der Waals surface area contributed by atoms with E-state index in [2.05, 4.69) is 20.7 Å². The van der Waals surface area contributed by atoms with Gasteiger partial charge in [0.15, 0.2) is 11.6 Å². The van der Waals surface area contributed by atoms with Gasteiger partial charge in [-0.2, -0.15) is 0 Å². The second kappa shape index (κ2) is 6.35. The number of aryl methyl sites for hydroxylation is 1. The van der Waals surface area contributed by atoms with Crippen LogP contribution in [-0.4, -0.2) is 23.1 Å². The number of aromatic nitrogens is 2. The molecule has 2 heterocycles. The minimum absolute atomic E-state index is 0.644.